The molecule has 0 heterocycles. The Balaban J connectivity index is 5.61. The minimum atomic E-state index is -1.45. The molecule has 0 fully saturated rings. The van der Waals surface area contributed by atoms with E-state index in [0.29, 0.717) is 0 Å². The van der Waals surface area contributed by atoms with Crippen LogP contribution in [0.3, 0.4) is 0 Å². The summed E-state index contributed by atoms with van der Waals surface area (Å²) in [4.78, 5) is 0. The molecule has 0 aliphatic heterocycles. The Morgan fingerprint density at radius 1 is 0.389 bits per heavy atom. The summed E-state index contributed by atoms with van der Waals surface area (Å²) in [5, 5.41) is 7.80. The van der Waals surface area contributed by atoms with Gasteiger partial charge in [0.2, 0.25) is 0 Å². The molecular formula is C33H70Ge2O. The van der Waals surface area contributed by atoms with Crippen molar-refractivity contribution in [1.29, 1.82) is 0 Å². The van der Waals surface area contributed by atoms with Crippen molar-refractivity contribution in [2.24, 2.45) is 0 Å². The van der Waals surface area contributed by atoms with Gasteiger partial charge in [-0.1, -0.05) is 0 Å². The molecule has 0 aliphatic carbocycles. The van der Waals surface area contributed by atoms with Crippen LogP contribution in [-0.4, -0.2) is 34.6 Å². The summed E-state index contributed by atoms with van der Waals surface area (Å²) < 4.78 is 7.62. The quantitative estimate of drug-likeness (QED) is 0.0592. The molecule has 2 radical (unpaired) electrons. The second kappa shape index (κ2) is 27.6. The van der Waals surface area contributed by atoms with Crippen molar-refractivity contribution >= 4 is 29.0 Å². The van der Waals surface area contributed by atoms with Gasteiger partial charge < -0.3 is 0 Å². The number of rotatable bonds is 29. The predicted molar refractivity (Wildman–Crippen MR) is 170 cm³/mol. The van der Waals surface area contributed by atoms with Crippen LogP contribution in [0.5, 0.6) is 0 Å². The third-order valence-electron chi connectivity index (χ3n) is 8.15. The van der Waals surface area contributed by atoms with Crippen LogP contribution >= 0.6 is 0 Å². The minimum absolute atomic E-state index is 0.256. The Labute approximate surface area is 240 Å². The molecule has 0 N–H and O–H groups in total. The van der Waals surface area contributed by atoms with Crippen LogP contribution in [0, 0.1) is 0 Å². The molecule has 0 aromatic carbocycles. The molecule has 0 atom stereocenters. The van der Waals surface area contributed by atoms with Crippen molar-refractivity contribution in [2.75, 3.05) is 0 Å². The first-order chi connectivity index (χ1) is 17.6. The van der Waals surface area contributed by atoms with Crippen LogP contribution in [0.15, 0.2) is 0 Å². The molecule has 1 nitrogen and oxygen atoms in total. The average Bonchev–Trinajstić information content (AvgIpc) is 2.87. The molecule has 0 saturated heterocycles. The monoisotopic (exact) mass is 630 g/mol. The van der Waals surface area contributed by atoms with Gasteiger partial charge in [-0.15, -0.1) is 0 Å². The molecular weight excluding hydrogens is 558 g/mol. The van der Waals surface area contributed by atoms with Gasteiger partial charge in [0.05, 0.1) is 0 Å². The van der Waals surface area contributed by atoms with Crippen LogP contribution in [0.1, 0.15) is 176 Å². The zero-order chi connectivity index (χ0) is 26.7. The van der Waals surface area contributed by atoms with Crippen molar-refractivity contribution in [2.45, 2.75) is 208 Å². The predicted octanol–water partition coefficient (Wildman–Crippen LogP) is 12.5. The van der Waals surface area contributed by atoms with Gasteiger partial charge in [0, 0.05) is 0 Å². The Hall–Kier alpha value is 1.05. The maximum atomic E-state index is 7.62. The van der Waals surface area contributed by atoms with E-state index in [9.17, 15) is 0 Å². The molecule has 0 unspecified atom stereocenters. The molecule has 0 aromatic heterocycles. The van der Waals surface area contributed by atoms with Gasteiger partial charge in [0.25, 0.3) is 0 Å². The van der Waals surface area contributed by atoms with Gasteiger partial charge >= 0.3 is 241 Å². The van der Waals surface area contributed by atoms with Gasteiger partial charge in [-0.2, -0.15) is 0 Å². The average molecular weight is 628 g/mol. The number of unbranched alkanes of at least 4 members (excludes halogenated alkanes) is 12. The summed E-state index contributed by atoms with van der Waals surface area (Å²) in [6.07, 6.45) is 29.6. The Bertz CT molecular complexity index is 398. The van der Waals surface area contributed by atoms with Crippen LogP contribution in [-0.2, 0) is 3.76 Å². The summed E-state index contributed by atoms with van der Waals surface area (Å²) in [6, 6.07) is 0. The zero-order valence-electron chi connectivity index (χ0n) is 26.3. The molecule has 3 heteroatoms. The number of hydrogen-bond acceptors (Lipinski definition) is 1. The summed E-state index contributed by atoms with van der Waals surface area (Å²) in [5.41, 5.74) is 0.256. The Morgan fingerprint density at radius 3 is 1.14 bits per heavy atom. The van der Waals surface area contributed by atoms with E-state index in [1.807, 2.05) is 0 Å². The normalized spacial score (nSPS) is 12.3. The Kier molecular flexibility index (Phi) is 28.4. The maximum absolute atomic E-state index is 7.62. The van der Waals surface area contributed by atoms with E-state index in [2.05, 4.69) is 41.5 Å². The van der Waals surface area contributed by atoms with E-state index in [-0.39, 0.29) is 5.60 Å². The van der Waals surface area contributed by atoms with E-state index in [1.165, 1.54) is 145 Å². The van der Waals surface area contributed by atoms with Crippen molar-refractivity contribution in [3.05, 3.63) is 0 Å². The Morgan fingerprint density at radius 2 is 0.750 bits per heavy atom. The molecule has 0 aliphatic rings. The first-order valence-corrected chi connectivity index (χ1v) is 25.3. The van der Waals surface area contributed by atoms with Crippen molar-refractivity contribution in [3.8, 4) is 0 Å². The van der Waals surface area contributed by atoms with Gasteiger partial charge in [-0.3, -0.25) is 0 Å². The first-order valence-electron chi connectivity index (χ1n) is 17.0. The second-order valence-electron chi connectivity index (χ2n) is 11.8. The number of hydrogen-bond donors (Lipinski definition) is 0. The second-order valence-corrected chi connectivity index (χ2v) is 22.9. The van der Waals surface area contributed by atoms with Crippen molar-refractivity contribution < 1.29 is 3.76 Å². The van der Waals surface area contributed by atoms with E-state index >= 15 is 0 Å². The summed E-state index contributed by atoms with van der Waals surface area (Å²) in [7, 11) is 0. The van der Waals surface area contributed by atoms with Crippen LogP contribution < -0.4 is 0 Å². The van der Waals surface area contributed by atoms with Crippen molar-refractivity contribution in [3.63, 3.8) is 0 Å². The summed E-state index contributed by atoms with van der Waals surface area (Å²) in [6.45, 7) is 14.2. The SMILES string of the molecule is CCCC[CH2][Ge]([CH2]CCCC)[CH2]CC(CCCCC)(CCCCC)[O][Ge]([CH2]CCCC)[CH2]CCCC. The fraction of sp³-hybridized carbons (Fsp3) is 1.00. The van der Waals surface area contributed by atoms with Crippen LogP contribution in [0.4, 0.5) is 0 Å². The molecule has 36 heavy (non-hydrogen) atoms. The topological polar surface area (TPSA) is 9.23 Å². The molecule has 0 amide bonds. The zero-order valence-corrected chi connectivity index (χ0v) is 30.5. The summed E-state index contributed by atoms with van der Waals surface area (Å²) >= 11 is -2.41. The molecule has 0 aromatic rings. The fourth-order valence-corrected chi connectivity index (χ4v) is 17.6. The third kappa shape index (κ3) is 20.9. The molecule has 216 valence electrons. The van der Waals surface area contributed by atoms with Gasteiger partial charge in [-0.25, -0.2) is 0 Å². The molecule has 0 spiro atoms. The van der Waals surface area contributed by atoms with E-state index in [4.69, 9.17) is 3.76 Å². The van der Waals surface area contributed by atoms with Gasteiger partial charge in [0.15, 0.2) is 0 Å². The summed E-state index contributed by atoms with van der Waals surface area (Å²) in [5.74, 6) is 0. The van der Waals surface area contributed by atoms with E-state index in [1.54, 1.807) is 15.8 Å². The third-order valence-corrected chi connectivity index (χ3v) is 19.9. The fourth-order valence-electron chi connectivity index (χ4n) is 5.63. The van der Waals surface area contributed by atoms with Crippen molar-refractivity contribution in [1.82, 2.24) is 0 Å². The first kappa shape index (κ1) is 37.0. The molecule has 0 rings (SSSR count). The van der Waals surface area contributed by atoms with Gasteiger partial charge in [-0.05, 0) is 0 Å². The van der Waals surface area contributed by atoms with Gasteiger partial charge in [0.1, 0.15) is 0 Å². The van der Waals surface area contributed by atoms with E-state index < -0.39 is 29.0 Å². The van der Waals surface area contributed by atoms with Crippen LogP contribution in [0.25, 0.3) is 0 Å². The molecule has 0 bridgehead atoms. The molecule has 0 saturated carbocycles. The standard InChI is InChI=1S/C33H70Ge2O/c1-7-13-19-25-33(26-20-14-8-2,36-35(30-23-17-11-5)31-24-18-12-6)27-32-34(28-21-15-9-3)29-22-16-10-4/h7-32H2,1-6H3. The van der Waals surface area contributed by atoms with Crippen LogP contribution in [0.2, 0.25) is 26.3 Å². The van der Waals surface area contributed by atoms with E-state index in [0.717, 1.165) is 0 Å².